The lowest BCUT2D eigenvalue weighted by molar-refractivity contribution is 0.161. The van der Waals surface area contributed by atoms with Crippen LogP contribution in [0.4, 0.5) is 0 Å². The molecule has 0 aromatic carbocycles. The van der Waals surface area contributed by atoms with E-state index in [4.69, 9.17) is 4.74 Å². The van der Waals surface area contributed by atoms with E-state index in [1.807, 2.05) is 6.92 Å². The highest BCUT2D eigenvalue weighted by molar-refractivity contribution is 7.90. The Kier molecular flexibility index (Phi) is 5.85. The van der Waals surface area contributed by atoms with Gasteiger partial charge in [0, 0.05) is 32.8 Å². The first kappa shape index (κ1) is 14.9. The van der Waals surface area contributed by atoms with Crippen LogP contribution in [0.2, 0.25) is 0 Å². The zero-order valence-corrected chi connectivity index (χ0v) is 11.7. The molecule has 0 spiro atoms. The van der Waals surface area contributed by atoms with Crippen LogP contribution in [0.5, 0.6) is 0 Å². The van der Waals surface area contributed by atoms with E-state index in [0.717, 1.165) is 0 Å². The van der Waals surface area contributed by atoms with Gasteiger partial charge in [-0.1, -0.05) is 6.92 Å². The molecule has 2 N–H and O–H groups in total. The van der Waals surface area contributed by atoms with Gasteiger partial charge in [0.2, 0.25) is 10.0 Å². The van der Waals surface area contributed by atoms with Gasteiger partial charge in [-0.3, -0.25) is 0 Å². The summed E-state index contributed by atoms with van der Waals surface area (Å²) < 4.78 is 31.4. The van der Waals surface area contributed by atoms with Gasteiger partial charge in [0.05, 0.1) is 5.25 Å². The van der Waals surface area contributed by atoms with Crippen molar-refractivity contribution in [3.8, 4) is 0 Å². The molecule has 0 amide bonds. The molecule has 0 aliphatic heterocycles. The van der Waals surface area contributed by atoms with Crippen molar-refractivity contribution in [3.63, 3.8) is 0 Å². The quantitative estimate of drug-likeness (QED) is 0.630. The summed E-state index contributed by atoms with van der Waals surface area (Å²) in [5.74, 6) is 0.193. The fourth-order valence-electron chi connectivity index (χ4n) is 1.47. The van der Waals surface area contributed by atoms with Crippen LogP contribution < -0.4 is 10.0 Å². The Morgan fingerprint density at radius 2 is 1.94 bits per heavy atom. The predicted octanol–water partition coefficient (Wildman–Crippen LogP) is 0.329. The molecule has 0 heterocycles. The summed E-state index contributed by atoms with van der Waals surface area (Å²) in [6.45, 7) is 5.22. The van der Waals surface area contributed by atoms with E-state index in [9.17, 15) is 8.42 Å². The zero-order valence-electron chi connectivity index (χ0n) is 10.9. The molecule has 1 saturated carbocycles. The summed E-state index contributed by atoms with van der Waals surface area (Å²) in [4.78, 5) is 0. The molecule has 0 bridgehead atoms. The summed E-state index contributed by atoms with van der Waals surface area (Å²) in [5, 5.41) is 2.84. The van der Waals surface area contributed by atoms with Gasteiger partial charge in [-0.05, 0) is 25.7 Å². The molecule has 17 heavy (non-hydrogen) atoms. The van der Waals surface area contributed by atoms with E-state index in [-0.39, 0.29) is 5.92 Å². The molecule has 0 aromatic rings. The number of hydrogen-bond donors (Lipinski definition) is 2. The van der Waals surface area contributed by atoms with Gasteiger partial charge in [-0.25, -0.2) is 13.1 Å². The molecule has 6 heteroatoms. The van der Waals surface area contributed by atoms with Crippen LogP contribution in [0.25, 0.3) is 0 Å². The van der Waals surface area contributed by atoms with Crippen molar-refractivity contribution in [2.45, 2.75) is 38.0 Å². The van der Waals surface area contributed by atoms with Crippen molar-refractivity contribution in [3.05, 3.63) is 0 Å². The first-order valence-electron chi connectivity index (χ1n) is 6.16. The molecule has 0 saturated heterocycles. The molecule has 1 rings (SSSR count). The highest BCUT2D eigenvalue weighted by atomic mass is 32.2. The smallest absolute Gasteiger partial charge is 0.215 e. The molecule has 2 unspecified atom stereocenters. The second-order valence-electron chi connectivity index (χ2n) is 4.95. The van der Waals surface area contributed by atoms with Crippen LogP contribution >= 0.6 is 0 Å². The van der Waals surface area contributed by atoms with Crippen molar-refractivity contribution >= 4 is 10.0 Å². The Morgan fingerprint density at radius 3 is 2.47 bits per heavy atom. The standard InChI is InChI=1S/C11H24N2O3S/c1-9(8-16-3)6-13-17(14,15)10(2)7-12-11-4-5-11/h9-13H,4-8H2,1-3H3. The van der Waals surface area contributed by atoms with Crippen molar-refractivity contribution in [1.82, 2.24) is 10.0 Å². The highest BCUT2D eigenvalue weighted by Crippen LogP contribution is 2.18. The Hall–Kier alpha value is -0.170. The van der Waals surface area contributed by atoms with Gasteiger partial charge in [-0.2, -0.15) is 0 Å². The zero-order chi connectivity index (χ0) is 12.9. The predicted molar refractivity (Wildman–Crippen MR) is 68.4 cm³/mol. The van der Waals surface area contributed by atoms with Gasteiger partial charge in [0.1, 0.15) is 0 Å². The van der Waals surface area contributed by atoms with Gasteiger partial charge >= 0.3 is 0 Å². The number of methoxy groups -OCH3 is 1. The maximum Gasteiger partial charge on any atom is 0.215 e. The van der Waals surface area contributed by atoms with E-state index in [1.165, 1.54) is 12.8 Å². The molecule has 2 atom stereocenters. The summed E-state index contributed by atoms with van der Waals surface area (Å²) in [7, 11) is -1.59. The Morgan fingerprint density at radius 1 is 1.29 bits per heavy atom. The summed E-state index contributed by atoms with van der Waals surface area (Å²) in [6.07, 6.45) is 2.34. The fourth-order valence-corrected chi connectivity index (χ4v) is 2.59. The minimum Gasteiger partial charge on any atom is -0.384 e. The van der Waals surface area contributed by atoms with E-state index < -0.39 is 15.3 Å². The molecule has 102 valence electrons. The maximum absolute atomic E-state index is 11.9. The average Bonchev–Trinajstić information content (AvgIpc) is 3.07. The molecule has 1 aliphatic carbocycles. The van der Waals surface area contributed by atoms with Crippen LogP contribution in [0, 0.1) is 5.92 Å². The van der Waals surface area contributed by atoms with Crippen molar-refractivity contribution in [2.24, 2.45) is 5.92 Å². The fraction of sp³-hybridized carbons (Fsp3) is 1.00. The Balaban J connectivity index is 2.27. The van der Waals surface area contributed by atoms with Crippen molar-refractivity contribution in [1.29, 1.82) is 0 Å². The number of nitrogens with one attached hydrogen (secondary N) is 2. The topological polar surface area (TPSA) is 67.4 Å². The van der Waals surface area contributed by atoms with Gasteiger partial charge < -0.3 is 10.1 Å². The minimum absolute atomic E-state index is 0.193. The lowest BCUT2D eigenvalue weighted by Crippen LogP contribution is -2.41. The first-order valence-corrected chi connectivity index (χ1v) is 7.71. The van der Waals surface area contributed by atoms with Crippen LogP contribution in [0.1, 0.15) is 26.7 Å². The Bertz CT molecular complexity index is 315. The number of hydrogen-bond acceptors (Lipinski definition) is 4. The Labute approximate surface area is 104 Å². The highest BCUT2D eigenvalue weighted by Gasteiger charge is 2.25. The second-order valence-corrected chi connectivity index (χ2v) is 7.13. The lowest BCUT2D eigenvalue weighted by atomic mass is 10.2. The number of rotatable bonds is 9. The van der Waals surface area contributed by atoms with Crippen LogP contribution in [0.15, 0.2) is 0 Å². The third-order valence-corrected chi connectivity index (χ3v) is 4.68. The van der Waals surface area contributed by atoms with Gasteiger partial charge in [-0.15, -0.1) is 0 Å². The summed E-state index contributed by atoms with van der Waals surface area (Å²) in [6, 6.07) is 0.542. The third kappa shape index (κ3) is 5.81. The van der Waals surface area contributed by atoms with Gasteiger partial charge in [0.15, 0.2) is 0 Å². The number of ether oxygens (including phenoxy) is 1. The molecule has 5 nitrogen and oxygen atoms in total. The van der Waals surface area contributed by atoms with E-state index in [1.54, 1.807) is 14.0 Å². The first-order chi connectivity index (χ1) is 7.95. The van der Waals surface area contributed by atoms with Crippen LogP contribution in [0.3, 0.4) is 0 Å². The van der Waals surface area contributed by atoms with Crippen molar-refractivity contribution in [2.75, 3.05) is 26.8 Å². The monoisotopic (exact) mass is 264 g/mol. The van der Waals surface area contributed by atoms with E-state index in [2.05, 4.69) is 10.0 Å². The summed E-state index contributed by atoms with van der Waals surface area (Å²) >= 11 is 0. The lowest BCUT2D eigenvalue weighted by Gasteiger charge is -2.16. The van der Waals surface area contributed by atoms with Crippen LogP contribution in [-0.2, 0) is 14.8 Å². The molecule has 0 aromatic heterocycles. The molecule has 1 aliphatic rings. The molecular formula is C11H24N2O3S. The molecular weight excluding hydrogens is 240 g/mol. The summed E-state index contributed by atoms with van der Waals surface area (Å²) in [5.41, 5.74) is 0. The van der Waals surface area contributed by atoms with Crippen LogP contribution in [-0.4, -0.2) is 46.5 Å². The molecule has 0 radical (unpaired) electrons. The SMILES string of the molecule is COCC(C)CNS(=O)(=O)C(C)CNC1CC1. The van der Waals surface area contributed by atoms with E-state index >= 15 is 0 Å². The maximum atomic E-state index is 11.9. The van der Waals surface area contributed by atoms with E-state index in [0.29, 0.717) is 25.7 Å². The average molecular weight is 264 g/mol. The second kappa shape index (κ2) is 6.68. The third-order valence-electron chi connectivity index (χ3n) is 2.89. The normalized spacial score (nSPS) is 20.2. The number of sulfonamides is 1. The molecule has 1 fully saturated rings. The van der Waals surface area contributed by atoms with Crippen molar-refractivity contribution < 1.29 is 13.2 Å². The van der Waals surface area contributed by atoms with Gasteiger partial charge in [0.25, 0.3) is 0 Å². The minimum atomic E-state index is -3.21. The largest absolute Gasteiger partial charge is 0.384 e.